The van der Waals surface area contributed by atoms with Crippen LogP contribution in [0.5, 0.6) is 11.5 Å². The number of fused-ring (bicyclic) bond motifs is 1. The van der Waals surface area contributed by atoms with Gasteiger partial charge in [-0.1, -0.05) is 6.07 Å². The van der Waals surface area contributed by atoms with Gasteiger partial charge < -0.3 is 10.1 Å². The van der Waals surface area contributed by atoms with Gasteiger partial charge in [0.1, 0.15) is 11.5 Å². The Kier molecular flexibility index (Phi) is 2.89. The molecule has 0 saturated carbocycles. The van der Waals surface area contributed by atoms with Crippen molar-refractivity contribution in [1.82, 2.24) is 5.32 Å². The molecule has 0 unspecified atom stereocenters. The number of nitro groups is 1. The highest BCUT2D eigenvalue weighted by atomic mass is 16.6. The zero-order chi connectivity index (χ0) is 13.2. The van der Waals surface area contributed by atoms with Crippen molar-refractivity contribution in [3.05, 3.63) is 63.7 Å². The molecule has 5 nitrogen and oxygen atoms in total. The number of non-ortho nitro benzene ring substituents is 1. The summed E-state index contributed by atoms with van der Waals surface area (Å²) in [6, 6.07) is 12.0. The highest BCUT2D eigenvalue weighted by Gasteiger charge is 2.11. The van der Waals surface area contributed by atoms with Gasteiger partial charge in [-0.25, -0.2) is 0 Å². The van der Waals surface area contributed by atoms with Crippen LogP contribution in [0.25, 0.3) is 0 Å². The van der Waals surface area contributed by atoms with Gasteiger partial charge in [0.15, 0.2) is 0 Å². The van der Waals surface area contributed by atoms with Crippen molar-refractivity contribution in [3.8, 4) is 11.5 Å². The average Bonchev–Trinajstić information content (AvgIpc) is 2.87. The molecular formula is C14H12N2O3. The van der Waals surface area contributed by atoms with Gasteiger partial charge in [0.2, 0.25) is 0 Å². The van der Waals surface area contributed by atoms with Gasteiger partial charge in [-0.3, -0.25) is 10.1 Å². The minimum Gasteiger partial charge on any atom is -0.457 e. The number of rotatable bonds is 3. The fourth-order valence-electron chi connectivity index (χ4n) is 2.11. The number of hydrogen-bond acceptors (Lipinski definition) is 4. The van der Waals surface area contributed by atoms with Crippen molar-refractivity contribution in [3.63, 3.8) is 0 Å². The van der Waals surface area contributed by atoms with E-state index in [1.54, 1.807) is 12.1 Å². The third kappa shape index (κ3) is 2.41. The average molecular weight is 256 g/mol. The molecule has 0 aromatic heterocycles. The van der Waals surface area contributed by atoms with Crippen LogP contribution in [0.4, 0.5) is 5.69 Å². The first-order chi connectivity index (χ1) is 9.22. The number of hydrogen-bond donors (Lipinski definition) is 1. The minimum atomic E-state index is -0.426. The maximum absolute atomic E-state index is 10.6. The first-order valence-electron chi connectivity index (χ1n) is 5.97. The second-order valence-electron chi connectivity index (χ2n) is 4.39. The van der Waals surface area contributed by atoms with Crippen LogP contribution in [-0.2, 0) is 13.1 Å². The number of nitrogens with zero attached hydrogens (tertiary/aromatic N) is 1. The molecule has 0 aliphatic carbocycles. The molecule has 1 aliphatic rings. The summed E-state index contributed by atoms with van der Waals surface area (Å²) in [7, 11) is 0. The first-order valence-corrected chi connectivity index (χ1v) is 5.97. The monoisotopic (exact) mass is 256 g/mol. The second-order valence-corrected chi connectivity index (χ2v) is 4.39. The molecule has 19 heavy (non-hydrogen) atoms. The normalized spacial score (nSPS) is 13.1. The smallest absolute Gasteiger partial charge is 0.269 e. The Bertz CT molecular complexity index is 623. The van der Waals surface area contributed by atoms with Gasteiger partial charge in [-0.05, 0) is 35.4 Å². The maximum Gasteiger partial charge on any atom is 0.269 e. The summed E-state index contributed by atoms with van der Waals surface area (Å²) in [4.78, 5) is 10.1. The number of nitrogens with one attached hydrogen (secondary N) is 1. The summed E-state index contributed by atoms with van der Waals surface area (Å²) in [6.07, 6.45) is 0. The van der Waals surface area contributed by atoms with Gasteiger partial charge in [0.25, 0.3) is 5.69 Å². The summed E-state index contributed by atoms with van der Waals surface area (Å²) in [5.74, 6) is 1.34. The molecule has 1 heterocycles. The fourth-order valence-corrected chi connectivity index (χ4v) is 2.11. The summed E-state index contributed by atoms with van der Waals surface area (Å²) in [6.45, 7) is 1.75. The van der Waals surface area contributed by atoms with Crippen LogP contribution in [0, 0.1) is 10.1 Å². The Hall–Kier alpha value is -2.40. The second kappa shape index (κ2) is 4.70. The van der Waals surface area contributed by atoms with Crippen molar-refractivity contribution in [1.29, 1.82) is 0 Å². The molecule has 1 N–H and O–H groups in total. The highest BCUT2D eigenvalue weighted by Crippen LogP contribution is 2.27. The summed E-state index contributed by atoms with van der Waals surface area (Å²) in [5.41, 5.74) is 2.58. The van der Waals surface area contributed by atoms with E-state index in [1.807, 2.05) is 18.2 Å². The van der Waals surface area contributed by atoms with E-state index in [1.165, 1.54) is 23.3 Å². The molecule has 0 saturated heterocycles. The lowest BCUT2D eigenvalue weighted by atomic mass is 10.1. The Morgan fingerprint density at radius 2 is 1.68 bits per heavy atom. The number of nitro benzene ring substituents is 1. The summed E-state index contributed by atoms with van der Waals surface area (Å²) < 4.78 is 5.69. The molecule has 1 aliphatic heterocycles. The van der Waals surface area contributed by atoms with Crippen molar-refractivity contribution < 1.29 is 9.66 Å². The van der Waals surface area contributed by atoms with Crippen molar-refractivity contribution in [2.75, 3.05) is 0 Å². The zero-order valence-corrected chi connectivity index (χ0v) is 10.1. The molecule has 2 aromatic rings. The first kappa shape index (κ1) is 11.7. The molecule has 0 spiro atoms. The standard InChI is InChI=1S/C14H12N2O3/c17-16(18)12-2-5-13(6-3-12)19-14-4-1-10-8-15-9-11(10)7-14/h1-7,15H,8-9H2. The van der Waals surface area contributed by atoms with Gasteiger partial charge in [-0.2, -0.15) is 0 Å². The van der Waals surface area contributed by atoms with Gasteiger partial charge >= 0.3 is 0 Å². The predicted octanol–water partition coefficient (Wildman–Crippen LogP) is 2.99. The van der Waals surface area contributed by atoms with E-state index in [-0.39, 0.29) is 5.69 Å². The van der Waals surface area contributed by atoms with E-state index in [0.717, 1.165) is 18.8 Å². The molecule has 0 fully saturated rings. The van der Waals surface area contributed by atoms with E-state index < -0.39 is 4.92 Å². The van der Waals surface area contributed by atoms with Gasteiger partial charge in [-0.15, -0.1) is 0 Å². The van der Waals surface area contributed by atoms with E-state index in [4.69, 9.17) is 4.74 Å². The molecule has 96 valence electrons. The molecule has 0 bridgehead atoms. The highest BCUT2D eigenvalue weighted by molar-refractivity contribution is 5.42. The predicted molar refractivity (Wildman–Crippen MR) is 70.2 cm³/mol. The van der Waals surface area contributed by atoms with E-state index in [2.05, 4.69) is 5.32 Å². The van der Waals surface area contributed by atoms with Crippen LogP contribution in [-0.4, -0.2) is 4.92 Å². The van der Waals surface area contributed by atoms with E-state index >= 15 is 0 Å². The molecule has 0 atom stereocenters. The minimum absolute atomic E-state index is 0.0607. The maximum atomic E-state index is 10.6. The molecule has 0 radical (unpaired) electrons. The van der Waals surface area contributed by atoms with Crippen molar-refractivity contribution in [2.45, 2.75) is 13.1 Å². The van der Waals surface area contributed by atoms with Crippen LogP contribution >= 0.6 is 0 Å². The quantitative estimate of drug-likeness (QED) is 0.677. The van der Waals surface area contributed by atoms with E-state index in [0.29, 0.717) is 5.75 Å². The summed E-state index contributed by atoms with van der Waals surface area (Å²) >= 11 is 0. The van der Waals surface area contributed by atoms with Crippen LogP contribution in [0.2, 0.25) is 0 Å². The zero-order valence-electron chi connectivity index (χ0n) is 10.1. The Morgan fingerprint density at radius 3 is 2.42 bits per heavy atom. The molecule has 3 rings (SSSR count). The van der Waals surface area contributed by atoms with Crippen LogP contribution < -0.4 is 10.1 Å². The number of benzene rings is 2. The molecular weight excluding hydrogens is 244 g/mol. The lowest BCUT2D eigenvalue weighted by molar-refractivity contribution is -0.384. The van der Waals surface area contributed by atoms with Gasteiger partial charge in [0.05, 0.1) is 4.92 Å². The Morgan fingerprint density at radius 1 is 1.00 bits per heavy atom. The molecule has 2 aromatic carbocycles. The lowest BCUT2D eigenvalue weighted by Crippen LogP contribution is -1.99. The van der Waals surface area contributed by atoms with Crippen LogP contribution in [0.15, 0.2) is 42.5 Å². The largest absolute Gasteiger partial charge is 0.457 e. The van der Waals surface area contributed by atoms with Gasteiger partial charge in [0, 0.05) is 25.2 Å². The summed E-state index contributed by atoms with van der Waals surface area (Å²) in [5, 5.41) is 13.8. The lowest BCUT2D eigenvalue weighted by Gasteiger charge is -2.07. The topological polar surface area (TPSA) is 64.4 Å². The molecule has 5 heteroatoms. The number of ether oxygens (including phenoxy) is 1. The van der Waals surface area contributed by atoms with E-state index in [9.17, 15) is 10.1 Å². The fraction of sp³-hybridized carbons (Fsp3) is 0.143. The van der Waals surface area contributed by atoms with Crippen LogP contribution in [0.3, 0.4) is 0 Å². The van der Waals surface area contributed by atoms with Crippen molar-refractivity contribution in [2.24, 2.45) is 0 Å². The Labute approximate surface area is 110 Å². The third-order valence-corrected chi connectivity index (χ3v) is 3.09. The van der Waals surface area contributed by atoms with Crippen LogP contribution in [0.1, 0.15) is 11.1 Å². The third-order valence-electron chi connectivity index (χ3n) is 3.09. The molecule has 0 amide bonds. The Balaban J connectivity index is 1.79. The SMILES string of the molecule is O=[N+]([O-])c1ccc(Oc2ccc3c(c2)CNC3)cc1. The van der Waals surface area contributed by atoms with Crippen molar-refractivity contribution >= 4 is 5.69 Å².